The molecule has 0 bridgehead atoms. The van der Waals surface area contributed by atoms with E-state index < -0.39 is 0 Å². The molecule has 1 amide bonds. The summed E-state index contributed by atoms with van der Waals surface area (Å²) in [6.45, 7) is 2.20. The van der Waals surface area contributed by atoms with E-state index in [1.807, 2.05) is 37.3 Å². The third-order valence-electron chi connectivity index (χ3n) is 3.81. The van der Waals surface area contributed by atoms with Crippen molar-refractivity contribution < 1.29 is 14.3 Å². The van der Waals surface area contributed by atoms with Gasteiger partial charge in [0.15, 0.2) is 16.7 Å². The Labute approximate surface area is 143 Å². The predicted octanol–water partition coefficient (Wildman–Crippen LogP) is 3.78. The van der Waals surface area contributed by atoms with Gasteiger partial charge in [-0.3, -0.25) is 15.1 Å². The third kappa shape index (κ3) is 2.55. The van der Waals surface area contributed by atoms with Crippen LogP contribution >= 0.6 is 11.8 Å². The SMILES string of the molecule is Cc1ccc(C=C2SC(=N)N(c3ccc4c(c3)OCO4)C2=O)cc1. The molecule has 2 aromatic rings. The summed E-state index contributed by atoms with van der Waals surface area (Å²) >= 11 is 1.16. The number of nitrogens with one attached hydrogen (secondary N) is 1. The van der Waals surface area contributed by atoms with Crippen molar-refractivity contribution in [2.24, 2.45) is 0 Å². The van der Waals surface area contributed by atoms with Gasteiger partial charge in [-0.25, -0.2) is 0 Å². The summed E-state index contributed by atoms with van der Waals surface area (Å²) in [5.74, 6) is 1.04. The van der Waals surface area contributed by atoms with Gasteiger partial charge in [-0.1, -0.05) is 29.8 Å². The highest BCUT2D eigenvalue weighted by atomic mass is 32.2. The second-order valence-electron chi connectivity index (χ2n) is 5.50. The molecule has 0 radical (unpaired) electrons. The number of benzene rings is 2. The lowest BCUT2D eigenvalue weighted by Gasteiger charge is -2.14. The van der Waals surface area contributed by atoms with E-state index in [1.54, 1.807) is 18.2 Å². The zero-order valence-electron chi connectivity index (χ0n) is 12.9. The number of ether oxygens (including phenoxy) is 2. The number of carbonyl (C=O) groups is 1. The standard InChI is InChI=1S/C18H14N2O3S/c1-11-2-4-12(5-3-11)8-16-17(21)20(18(19)24-16)13-6-7-14-15(9-13)23-10-22-14/h2-9,19H,10H2,1H3. The van der Waals surface area contributed by atoms with Crippen LogP contribution in [0.4, 0.5) is 5.69 Å². The molecule has 24 heavy (non-hydrogen) atoms. The fraction of sp³-hybridized carbons (Fsp3) is 0.111. The molecule has 2 aliphatic rings. The average Bonchev–Trinajstić information content (AvgIpc) is 3.14. The van der Waals surface area contributed by atoms with Gasteiger partial charge in [0.25, 0.3) is 5.91 Å². The quantitative estimate of drug-likeness (QED) is 0.847. The molecule has 0 atom stereocenters. The molecule has 0 saturated carbocycles. The molecule has 0 aromatic heterocycles. The first-order valence-electron chi connectivity index (χ1n) is 7.41. The Hall–Kier alpha value is -2.73. The van der Waals surface area contributed by atoms with Gasteiger partial charge in [0.2, 0.25) is 6.79 Å². The minimum absolute atomic E-state index is 0.178. The molecule has 0 spiro atoms. The van der Waals surface area contributed by atoms with Crippen molar-refractivity contribution in [1.29, 1.82) is 5.41 Å². The van der Waals surface area contributed by atoms with E-state index in [2.05, 4.69) is 0 Å². The molecule has 0 aliphatic carbocycles. The molecule has 2 heterocycles. The number of anilines is 1. The number of rotatable bonds is 2. The third-order valence-corrected chi connectivity index (χ3v) is 4.70. The van der Waals surface area contributed by atoms with Gasteiger partial charge in [0.05, 0.1) is 10.6 Å². The summed E-state index contributed by atoms with van der Waals surface area (Å²) in [5, 5.41) is 8.33. The van der Waals surface area contributed by atoms with Crippen LogP contribution < -0.4 is 14.4 Å². The highest BCUT2D eigenvalue weighted by Crippen LogP contribution is 2.40. The topological polar surface area (TPSA) is 62.6 Å². The summed E-state index contributed by atoms with van der Waals surface area (Å²) in [4.78, 5) is 14.6. The summed E-state index contributed by atoms with van der Waals surface area (Å²) in [6, 6.07) is 13.2. The van der Waals surface area contributed by atoms with Crippen molar-refractivity contribution in [2.45, 2.75) is 6.92 Å². The lowest BCUT2D eigenvalue weighted by molar-refractivity contribution is -0.113. The van der Waals surface area contributed by atoms with Crippen molar-refractivity contribution in [3.05, 3.63) is 58.5 Å². The molecule has 6 heteroatoms. The first-order chi connectivity index (χ1) is 11.6. The van der Waals surface area contributed by atoms with Crippen molar-refractivity contribution in [3.8, 4) is 11.5 Å². The lowest BCUT2D eigenvalue weighted by Crippen LogP contribution is -2.28. The first-order valence-corrected chi connectivity index (χ1v) is 8.22. The van der Waals surface area contributed by atoms with E-state index in [-0.39, 0.29) is 17.9 Å². The van der Waals surface area contributed by atoms with E-state index in [0.717, 1.165) is 22.9 Å². The highest BCUT2D eigenvalue weighted by molar-refractivity contribution is 8.19. The number of thioether (sulfide) groups is 1. The molecule has 2 aliphatic heterocycles. The summed E-state index contributed by atoms with van der Waals surface area (Å²) < 4.78 is 10.6. The Morgan fingerprint density at radius 2 is 1.88 bits per heavy atom. The summed E-state index contributed by atoms with van der Waals surface area (Å²) in [7, 11) is 0. The molecular formula is C18H14N2O3S. The minimum Gasteiger partial charge on any atom is -0.454 e. The van der Waals surface area contributed by atoms with Crippen LogP contribution in [0.3, 0.4) is 0 Å². The maximum Gasteiger partial charge on any atom is 0.271 e. The van der Waals surface area contributed by atoms with E-state index in [4.69, 9.17) is 14.9 Å². The number of aryl methyl sites for hydroxylation is 1. The Morgan fingerprint density at radius 3 is 2.67 bits per heavy atom. The summed E-state index contributed by atoms with van der Waals surface area (Å²) in [5.41, 5.74) is 2.71. The van der Waals surface area contributed by atoms with E-state index in [9.17, 15) is 4.79 Å². The smallest absolute Gasteiger partial charge is 0.271 e. The van der Waals surface area contributed by atoms with Crippen LogP contribution in [0.25, 0.3) is 6.08 Å². The van der Waals surface area contributed by atoms with Crippen LogP contribution in [0.2, 0.25) is 0 Å². The Morgan fingerprint density at radius 1 is 1.12 bits per heavy atom. The van der Waals surface area contributed by atoms with Crippen LogP contribution in [0.1, 0.15) is 11.1 Å². The van der Waals surface area contributed by atoms with Crippen molar-refractivity contribution in [1.82, 2.24) is 0 Å². The van der Waals surface area contributed by atoms with Gasteiger partial charge >= 0.3 is 0 Å². The van der Waals surface area contributed by atoms with Crippen LogP contribution in [0.5, 0.6) is 11.5 Å². The number of hydrogen-bond acceptors (Lipinski definition) is 5. The van der Waals surface area contributed by atoms with Crippen LogP contribution in [0, 0.1) is 12.3 Å². The monoisotopic (exact) mass is 338 g/mol. The molecule has 1 fully saturated rings. The molecule has 1 saturated heterocycles. The van der Waals surface area contributed by atoms with Crippen molar-refractivity contribution in [3.63, 3.8) is 0 Å². The van der Waals surface area contributed by atoms with Crippen molar-refractivity contribution in [2.75, 3.05) is 11.7 Å². The number of fused-ring (bicyclic) bond motifs is 1. The molecule has 4 rings (SSSR count). The predicted molar refractivity (Wildman–Crippen MR) is 94.5 cm³/mol. The highest BCUT2D eigenvalue weighted by Gasteiger charge is 2.34. The van der Waals surface area contributed by atoms with Gasteiger partial charge in [-0.2, -0.15) is 0 Å². The number of carbonyl (C=O) groups excluding carboxylic acids is 1. The second kappa shape index (κ2) is 5.72. The minimum atomic E-state index is -0.204. The number of amides is 1. The largest absolute Gasteiger partial charge is 0.454 e. The van der Waals surface area contributed by atoms with Gasteiger partial charge < -0.3 is 9.47 Å². The van der Waals surface area contributed by atoms with Gasteiger partial charge in [0.1, 0.15) is 0 Å². The van der Waals surface area contributed by atoms with Crippen LogP contribution in [-0.2, 0) is 4.79 Å². The lowest BCUT2D eigenvalue weighted by atomic mass is 10.1. The van der Waals surface area contributed by atoms with E-state index in [0.29, 0.717) is 22.1 Å². The number of nitrogens with zero attached hydrogens (tertiary/aromatic N) is 1. The molecule has 120 valence electrons. The van der Waals surface area contributed by atoms with Gasteiger partial charge in [-0.15, -0.1) is 0 Å². The van der Waals surface area contributed by atoms with Crippen molar-refractivity contribution >= 4 is 34.6 Å². The fourth-order valence-corrected chi connectivity index (χ4v) is 3.42. The van der Waals surface area contributed by atoms with Crippen LogP contribution in [0.15, 0.2) is 47.4 Å². The fourth-order valence-electron chi connectivity index (χ4n) is 2.56. The van der Waals surface area contributed by atoms with E-state index in [1.165, 1.54) is 4.90 Å². The number of amidine groups is 1. The zero-order chi connectivity index (χ0) is 16.7. The molecule has 5 nitrogen and oxygen atoms in total. The second-order valence-corrected chi connectivity index (χ2v) is 6.54. The Balaban J connectivity index is 1.65. The molecule has 0 unspecified atom stereocenters. The maximum absolute atomic E-state index is 12.7. The zero-order valence-corrected chi connectivity index (χ0v) is 13.7. The molecule has 2 aromatic carbocycles. The van der Waals surface area contributed by atoms with Crippen LogP contribution in [-0.4, -0.2) is 17.9 Å². The first kappa shape index (κ1) is 14.8. The summed E-state index contributed by atoms with van der Waals surface area (Å²) in [6.07, 6.45) is 1.81. The molecule has 1 N–H and O–H groups in total. The van der Waals surface area contributed by atoms with E-state index >= 15 is 0 Å². The Bertz CT molecular complexity index is 874. The molecular weight excluding hydrogens is 324 g/mol. The number of hydrogen-bond donors (Lipinski definition) is 1. The maximum atomic E-state index is 12.7. The Kier molecular flexibility index (Phi) is 3.54. The normalized spacial score (nSPS) is 17.9. The van der Waals surface area contributed by atoms with Gasteiger partial charge in [-0.05, 0) is 42.5 Å². The van der Waals surface area contributed by atoms with Gasteiger partial charge in [0, 0.05) is 6.07 Å². The average molecular weight is 338 g/mol.